The van der Waals surface area contributed by atoms with E-state index in [-0.39, 0.29) is 5.97 Å². The summed E-state index contributed by atoms with van der Waals surface area (Å²) >= 11 is 0. The normalized spacial score (nSPS) is 21.5. The van der Waals surface area contributed by atoms with E-state index in [1.165, 1.54) is 0 Å². The molecule has 1 rings (SSSR count). The van der Waals surface area contributed by atoms with E-state index >= 15 is 0 Å². The van der Waals surface area contributed by atoms with Crippen LogP contribution in [0.15, 0.2) is 0 Å². The molecule has 0 aromatic carbocycles. The van der Waals surface area contributed by atoms with Gasteiger partial charge in [-0.3, -0.25) is 10.1 Å². The predicted octanol–water partition coefficient (Wildman–Crippen LogP) is 2.11. The smallest absolute Gasteiger partial charge is 0.326 e. The molecule has 0 spiro atoms. The second kappa shape index (κ2) is 5.55. The first kappa shape index (κ1) is 14.1. The molecule has 3 nitrogen and oxygen atoms in total. The summed E-state index contributed by atoms with van der Waals surface area (Å²) in [7, 11) is 0. The van der Waals surface area contributed by atoms with E-state index in [1.54, 1.807) is 0 Å². The number of carbonyl (C=O) groups is 1. The number of hydrogen-bond donors (Lipinski definition) is 1. The molecule has 0 aromatic rings. The van der Waals surface area contributed by atoms with Crippen LogP contribution in [0.1, 0.15) is 46.5 Å². The summed E-state index contributed by atoms with van der Waals surface area (Å²) < 4.78 is 5.18. The van der Waals surface area contributed by atoms with E-state index < -0.39 is 5.54 Å². The zero-order chi connectivity index (χ0) is 12.9. The molecular formula is C14H23NO2. The summed E-state index contributed by atoms with van der Waals surface area (Å²) in [6, 6.07) is 0. The average Bonchev–Trinajstić information content (AvgIpc) is 2.29. The fourth-order valence-electron chi connectivity index (χ4n) is 2.30. The van der Waals surface area contributed by atoms with Gasteiger partial charge < -0.3 is 4.74 Å². The number of esters is 1. The quantitative estimate of drug-likeness (QED) is 0.601. The van der Waals surface area contributed by atoms with Crippen LogP contribution in [-0.4, -0.2) is 24.7 Å². The lowest BCUT2D eigenvalue weighted by Crippen LogP contribution is -2.56. The van der Waals surface area contributed by atoms with E-state index in [0.29, 0.717) is 18.6 Å². The monoisotopic (exact) mass is 237 g/mol. The summed E-state index contributed by atoms with van der Waals surface area (Å²) in [6.07, 6.45) is 8.91. The molecule has 0 amide bonds. The maximum absolute atomic E-state index is 12.1. The SMILES string of the molecule is C#CCNC1(C(=O)OCC)CCC(C)(C)CC1. The summed E-state index contributed by atoms with van der Waals surface area (Å²) in [6.45, 7) is 7.15. The lowest BCUT2D eigenvalue weighted by molar-refractivity contribution is -0.153. The van der Waals surface area contributed by atoms with Crippen LogP contribution in [0.5, 0.6) is 0 Å². The van der Waals surface area contributed by atoms with Crippen LogP contribution in [0, 0.1) is 17.8 Å². The highest BCUT2D eigenvalue weighted by Crippen LogP contribution is 2.40. The van der Waals surface area contributed by atoms with Crippen molar-refractivity contribution in [3.8, 4) is 12.3 Å². The van der Waals surface area contributed by atoms with Gasteiger partial charge >= 0.3 is 5.97 Å². The van der Waals surface area contributed by atoms with Crippen molar-refractivity contribution < 1.29 is 9.53 Å². The summed E-state index contributed by atoms with van der Waals surface area (Å²) in [5.74, 6) is 2.39. The van der Waals surface area contributed by atoms with Crippen molar-refractivity contribution in [2.75, 3.05) is 13.2 Å². The first-order valence-corrected chi connectivity index (χ1v) is 6.31. The molecule has 96 valence electrons. The number of nitrogens with one attached hydrogen (secondary N) is 1. The van der Waals surface area contributed by atoms with Gasteiger partial charge in [-0.25, -0.2) is 0 Å². The van der Waals surface area contributed by atoms with Crippen LogP contribution >= 0.6 is 0 Å². The standard InChI is InChI=1S/C14H23NO2/c1-5-11-15-14(12(16)17-6-2)9-7-13(3,4)8-10-14/h1,15H,6-11H2,2-4H3. The van der Waals surface area contributed by atoms with Gasteiger partial charge in [-0.2, -0.15) is 0 Å². The van der Waals surface area contributed by atoms with Crippen molar-refractivity contribution in [1.29, 1.82) is 0 Å². The minimum atomic E-state index is -0.558. The fraction of sp³-hybridized carbons (Fsp3) is 0.786. The zero-order valence-electron chi connectivity index (χ0n) is 11.1. The van der Waals surface area contributed by atoms with Crippen LogP contribution in [0.4, 0.5) is 0 Å². The lowest BCUT2D eigenvalue weighted by Gasteiger charge is -2.42. The van der Waals surface area contributed by atoms with Crippen molar-refractivity contribution >= 4 is 5.97 Å². The molecule has 1 aliphatic rings. The highest BCUT2D eigenvalue weighted by molar-refractivity contribution is 5.81. The second-order valence-corrected chi connectivity index (χ2v) is 5.52. The molecular weight excluding hydrogens is 214 g/mol. The largest absolute Gasteiger partial charge is 0.465 e. The number of rotatable bonds is 4. The Kier molecular flexibility index (Phi) is 4.59. The fourth-order valence-corrected chi connectivity index (χ4v) is 2.30. The van der Waals surface area contributed by atoms with Crippen molar-refractivity contribution in [3.05, 3.63) is 0 Å². The predicted molar refractivity (Wildman–Crippen MR) is 68.4 cm³/mol. The van der Waals surface area contributed by atoms with Crippen LogP contribution in [0.3, 0.4) is 0 Å². The highest BCUT2D eigenvalue weighted by atomic mass is 16.5. The van der Waals surface area contributed by atoms with Crippen molar-refractivity contribution in [1.82, 2.24) is 5.32 Å². The first-order chi connectivity index (χ1) is 7.96. The van der Waals surface area contributed by atoms with Crippen molar-refractivity contribution in [2.45, 2.75) is 52.0 Å². The maximum Gasteiger partial charge on any atom is 0.326 e. The van der Waals surface area contributed by atoms with Crippen molar-refractivity contribution in [2.24, 2.45) is 5.41 Å². The third kappa shape index (κ3) is 3.47. The molecule has 0 atom stereocenters. The molecule has 0 radical (unpaired) electrons. The zero-order valence-corrected chi connectivity index (χ0v) is 11.1. The van der Waals surface area contributed by atoms with E-state index in [4.69, 9.17) is 11.2 Å². The van der Waals surface area contributed by atoms with E-state index in [0.717, 1.165) is 25.7 Å². The van der Waals surface area contributed by atoms with E-state index in [2.05, 4.69) is 25.1 Å². The van der Waals surface area contributed by atoms with Gasteiger partial charge in [0.2, 0.25) is 0 Å². The minimum Gasteiger partial charge on any atom is -0.465 e. The number of ether oxygens (including phenoxy) is 1. The molecule has 1 saturated carbocycles. The highest BCUT2D eigenvalue weighted by Gasteiger charge is 2.44. The molecule has 0 saturated heterocycles. The van der Waals surface area contributed by atoms with E-state index in [1.807, 2.05) is 6.92 Å². The Hall–Kier alpha value is -1.01. The Morgan fingerprint density at radius 2 is 1.94 bits per heavy atom. The topological polar surface area (TPSA) is 38.3 Å². The van der Waals surface area contributed by atoms with Crippen LogP contribution in [0.25, 0.3) is 0 Å². The third-order valence-electron chi connectivity index (χ3n) is 3.65. The summed E-state index contributed by atoms with van der Waals surface area (Å²) in [5.41, 5.74) is -0.244. The Morgan fingerprint density at radius 3 is 2.41 bits per heavy atom. The van der Waals surface area contributed by atoms with Gasteiger partial charge in [0.15, 0.2) is 0 Å². The Labute approximate surface area is 104 Å². The van der Waals surface area contributed by atoms with Crippen molar-refractivity contribution in [3.63, 3.8) is 0 Å². The molecule has 0 heterocycles. The lowest BCUT2D eigenvalue weighted by atomic mass is 9.69. The molecule has 0 bridgehead atoms. The molecule has 0 aromatic heterocycles. The second-order valence-electron chi connectivity index (χ2n) is 5.52. The number of carbonyl (C=O) groups excluding carboxylic acids is 1. The van der Waals surface area contributed by atoms with Crippen LogP contribution < -0.4 is 5.32 Å². The molecule has 3 heteroatoms. The van der Waals surface area contributed by atoms with Gasteiger partial charge in [0.25, 0.3) is 0 Å². The Balaban J connectivity index is 2.75. The number of hydrogen-bond acceptors (Lipinski definition) is 3. The molecule has 1 N–H and O–H groups in total. The molecule has 0 aliphatic heterocycles. The molecule has 17 heavy (non-hydrogen) atoms. The van der Waals surface area contributed by atoms with Gasteiger partial charge in [0, 0.05) is 0 Å². The molecule has 1 aliphatic carbocycles. The van der Waals surface area contributed by atoms with Gasteiger partial charge in [-0.15, -0.1) is 6.42 Å². The Morgan fingerprint density at radius 1 is 1.35 bits per heavy atom. The number of terminal acetylenes is 1. The minimum absolute atomic E-state index is 0.147. The van der Waals surface area contributed by atoms with Crippen LogP contribution in [0.2, 0.25) is 0 Å². The Bertz CT molecular complexity index is 305. The summed E-state index contributed by atoms with van der Waals surface area (Å²) in [4.78, 5) is 12.1. The van der Waals surface area contributed by atoms with Gasteiger partial charge in [-0.1, -0.05) is 19.8 Å². The molecule has 0 unspecified atom stereocenters. The van der Waals surface area contributed by atoms with Gasteiger partial charge in [0.1, 0.15) is 5.54 Å². The van der Waals surface area contributed by atoms with Crippen LogP contribution in [-0.2, 0) is 9.53 Å². The summed E-state index contributed by atoms with van der Waals surface area (Å²) in [5, 5.41) is 3.20. The van der Waals surface area contributed by atoms with Gasteiger partial charge in [0.05, 0.1) is 13.2 Å². The maximum atomic E-state index is 12.1. The third-order valence-corrected chi connectivity index (χ3v) is 3.65. The first-order valence-electron chi connectivity index (χ1n) is 6.31. The molecule has 1 fully saturated rings. The van der Waals surface area contributed by atoms with E-state index in [9.17, 15) is 4.79 Å². The van der Waals surface area contributed by atoms with Gasteiger partial charge in [-0.05, 0) is 38.0 Å². The average molecular weight is 237 g/mol.